The van der Waals surface area contributed by atoms with E-state index in [1.165, 1.54) is 0 Å². The van der Waals surface area contributed by atoms with E-state index in [2.05, 4.69) is 21.2 Å². The zero-order chi connectivity index (χ0) is 16.1. The number of benzene rings is 2. The molecule has 2 rings (SSSR count). The number of carbonyl (C=O) groups excluding carboxylic acids is 2. The van der Waals surface area contributed by atoms with Crippen LogP contribution in [0.3, 0.4) is 0 Å². The van der Waals surface area contributed by atoms with Crippen LogP contribution in [0.2, 0.25) is 0 Å². The SMILES string of the molecule is CCC(=O)Nc1ccc(OC(=O)c2ccc(C)c(Br)c2)cc1. The van der Waals surface area contributed by atoms with Crippen molar-refractivity contribution < 1.29 is 14.3 Å². The topological polar surface area (TPSA) is 55.4 Å². The van der Waals surface area contributed by atoms with Crippen molar-refractivity contribution >= 4 is 33.5 Å². The smallest absolute Gasteiger partial charge is 0.343 e. The minimum absolute atomic E-state index is 0.0609. The second kappa shape index (κ2) is 7.22. The molecule has 1 N–H and O–H groups in total. The fourth-order valence-electron chi connectivity index (χ4n) is 1.74. The van der Waals surface area contributed by atoms with Gasteiger partial charge in [-0.2, -0.15) is 0 Å². The molecule has 0 unspecified atom stereocenters. The van der Waals surface area contributed by atoms with Gasteiger partial charge in [0.25, 0.3) is 0 Å². The van der Waals surface area contributed by atoms with Crippen molar-refractivity contribution in [3.63, 3.8) is 0 Å². The molecule has 0 spiro atoms. The second-order valence-corrected chi connectivity index (χ2v) is 5.63. The van der Waals surface area contributed by atoms with Crippen LogP contribution in [0.4, 0.5) is 5.69 Å². The lowest BCUT2D eigenvalue weighted by Crippen LogP contribution is -2.10. The summed E-state index contributed by atoms with van der Waals surface area (Å²) in [6.45, 7) is 3.73. The van der Waals surface area contributed by atoms with E-state index in [0.717, 1.165) is 10.0 Å². The number of esters is 1. The van der Waals surface area contributed by atoms with E-state index in [4.69, 9.17) is 4.74 Å². The maximum Gasteiger partial charge on any atom is 0.343 e. The molecular formula is C17H16BrNO3. The number of ether oxygens (including phenoxy) is 1. The molecule has 0 saturated carbocycles. The van der Waals surface area contributed by atoms with Gasteiger partial charge >= 0.3 is 5.97 Å². The summed E-state index contributed by atoms with van der Waals surface area (Å²) in [6.07, 6.45) is 0.416. The molecule has 0 bridgehead atoms. The third-order valence-corrected chi connectivity index (χ3v) is 3.93. The van der Waals surface area contributed by atoms with Gasteiger partial charge in [-0.05, 0) is 48.9 Å². The fourth-order valence-corrected chi connectivity index (χ4v) is 2.12. The third-order valence-electron chi connectivity index (χ3n) is 3.08. The Kier molecular flexibility index (Phi) is 5.33. The number of halogens is 1. The van der Waals surface area contributed by atoms with Crippen LogP contribution in [-0.2, 0) is 4.79 Å². The van der Waals surface area contributed by atoms with E-state index in [1.54, 1.807) is 43.3 Å². The average Bonchev–Trinajstić information content (AvgIpc) is 2.51. The van der Waals surface area contributed by atoms with Crippen molar-refractivity contribution in [1.82, 2.24) is 0 Å². The average molecular weight is 362 g/mol. The molecule has 0 saturated heterocycles. The van der Waals surface area contributed by atoms with Gasteiger partial charge in [0.15, 0.2) is 0 Å². The Hall–Kier alpha value is -2.14. The Labute approximate surface area is 137 Å². The molecular weight excluding hydrogens is 346 g/mol. The zero-order valence-electron chi connectivity index (χ0n) is 12.4. The second-order valence-electron chi connectivity index (χ2n) is 4.78. The summed E-state index contributed by atoms with van der Waals surface area (Å²) in [5.74, 6) is -0.0588. The van der Waals surface area contributed by atoms with Gasteiger partial charge < -0.3 is 10.1 Å². The lowest BCUT2D eigenvalue weighted by atomic mass is 10.1. The first-order chi connectivity index (χ1) is 10.5. The third kappa shape index (κ3) is 4.18. The Morgan fingerprint density at radius 1 is 1.14 bits per heavy atom. The predicted molar refractivity (Wildman–Crippen MR) is 89.2 cm³/mol. The monoisotopic (exact) mass is 361 g/mol. The van der Waals surface area contributed by atoms with E-state index in [0.29, 0.717) is 23.4 Å². The normalized spacial score (nSPS) is 10.1. The van der Waals surface area contributed by atoms with Crippen LogP contribution >= 0.6 is 15.9 Å². The summed E-state index contributed by atoms with van der Waals surface area (Å²) in [7, 11) is 0. The highest BCUT2D eigenvalue weighted by molar-refractivity contribution is 9.10. The van der Waals surface area contributed by atoms with Crippen LogP contribution in [0.15, 0.2) is 46.9 Å². The van der Waals surface area contributed by atoms with Crippen molar-refractivity contribution in [2.75, 3.05) is 5.32 Å². The van der Waals surface area contributed by atoms with Crippen molar-refractivity contribution in [2.24, 2.45) is 0 Å². The standard InChI is InChI=1S/C17H16BrNO3/c1-3-16(20)19-13-6-8-14(9-7-13)22-17(21)12-5-4-11(2)15(18)10-12/h4-10H,3H2,1-2H3,(H,19,20). The van der Waals surface area contributed by atoms with Gasteiger partial charge in [-0.25, -0.2) is 4.79 Å². The van der Waals surface area contributed by atoms with Crippen LogP contribution in [0.25, 0.3) is 0 Å². The van der Waals surface area contributed by atoms with E-state index in [9.17, 15) is 9.59 Å². The number of nitrogens with one attached hydrogen (secondary N) is 1. The first-order valence-electron chi connectivity index (χ1n) is 6.88. The molecule has 0 radical (unpaired) electrons. The fraction of sp³-hybridized carbons (Fsp3) is 0.176. The number of amides is 1. The molecule has 0 atom stereocenters. The number of anilines is 1. The first-order valence-corrected chi connectivity index (χ1v) is 7.67. The number of rotatable bonds is 4. The molecule has 22 heavy (non-hydrogen) atoms. The largest absolute Gasteiger partial charge is 0.423 e. The Balaban J connectivity index is 2.05. The van der Waals surface area contributed by atoms with Crippen LogP contribution in [0.5, 0.6) is 5.75 Å². The summed E-state index contributed by atoms with van der Waals surface area (Å²) in [6, 6.07) is 12.0. The summed E-state index contributed by atoms with van der Waals surface area (Å²) < 4.78 is 6.17. The number of aryl methyl sites for hydroxylation is 1. The van der Waals surface area contributed by atoms with E-state index in [-0.39, 0.29) is 5.91 Å². The number of carbonyl (C=O) groups is 2. The highest BCUT2D eigenvalue weighted by Gasteiger charge is 2.10. The van der Waals surface area contributed by atoms with Gasteiger partial charge in [-0.3, -0.25) is 4.79 Å². The molecule has 1 amide bonds. The van der Waals surface area contributed by atoms with Gasteiger partial charge in [-0.15, -0.1) is 0 Å². The maximum atomic E-state index is 12.1. The Bertz CT molecular complexity index is 696. The highest BCUT2D eigenvalue weighted by atomic mass is 79.9. The molecule has 5 heteroatoms. The number of hydrogen-bond acceptors (Lipinski definition) is 3. The molecule has 4 nitrogen and oxygen atoms in total. The van der Waals surface area contributed by atoms with Crippen LogP contribution in [0, 0.1) is 6.92 Å². The summed E-state index contributed by atoms with van der Waals surface area (Å²) in [5, 5.41) is 2.73. The molecule has 0 aliphatic heterocycles. The minimum atomic E-state index is -0.425. The molecule has 0 heterocycles. The Morgan fingerprint density at radius 2 is 1.82 bits per heavy atom. The zero-order valence-corrected chi connectivity index (χ0v) is 13.9. The molecule has 0 aromatic heterocycles. The van der Waals surface area contributed by atoms with Crippen LogP contribution < -0.4 is 10.1 Å². The van der Waals surface area contributed by atoms with Gasteiger partial charge in [0.05, 0.1) is 5.56 Å². The van der Waals surface area contributed by atoms with E-state index < -0.39 is 5.97 Å². The van der Waals surface area contributed by atoms with Gasteiger partial charge in [0, 0.05) is 16.6 Å². The first kappa shape index (κ1) is 16.2. The molecule has 2 aromatic carbocycles. The van der Waals surface area contributed by atoms with Crippen molar-refractivity contribution in [3.05, 3.63) is 58.1 Å². The van der Waals surface area contributed by atoms with Crippen LogP contribution in [-0.4, -0.2) is 11.9 Å². The summed E-state index contributed by atoms with van der Waals surface area (Å²) in [5.41, 5.74) is 2.19. The van der Waals surface area contributed by atoms with E-state index in [1.807, 2.05) is 13.0 Å². The lowest BCUT2D eigenvalue weighted by Gasteiger charge is -2.07. The van der Waals surface area contributed by atoms with Crippen molar-refractivity contribution in [2.45, 2.75) is 20.3 Å². The van der Waals surface area contributed by atoms with Gasteiger partial charge in [-0.1, -0.05) is 28.9 Å². The van der Waals surface area contributed by atoms with Crippen molar-refractivity contribution in [3.8, 4) is 5.75 Å². The van der Waals surface area contributed by atoms with E-state index >= 15 is 0 Å². The summed E-state index contributed by atoms with van der Waals surface area (Å²) in [4.78, 5) is 23.4. The molecule has 2 aromatic rings. The quantitative estimate of drug-likeness (QED) is 0.651. The molecule has 0 fully saturated rings. The molecule has 114 valence electrons. The van der Waals surface area contributed by atoms with Crippen LogP contribution in [0.1, 0.15) is 29.3 Å². The summed E-state index contributed by atoms with van der Waals surface area (Å²) >= 11 is 3.39. The number of hydrogen-bond donors (Lipinski definition) is 1. The van der Waals surface area contributed by atoms with Crippen molar-refractivity contribution in [1.29, 1.82) is 0 Å². The highest BCUT2D eigenvalue weighted by Crippen LogP contribution is 2.20. The van der Waals surface area contributed by atoms with Gasteiger partial charge in [0.1, 0.15) is 5.75 Å². The predicted octanol–water partition coefficient (Wildman–Crippen LogP) is 4.33. The maximum absolute atomic E-state index is 12.1. The molecule has 0 aliphatic carbocycles. The molecule has 0 aliphatic rings. The Morgan fingerprint density at radius 3 is 2.41 bits per heavy atom. The lowest BCUT2D eigenvalue weighted by molar-refractivity contribution is -0.115. The van der Waals surface area contributed by atoms with Gasteiger partial charge in [0.2, 0.25) is 5.91 Å². The minimum Gasteiger partial charge on any atom is -0.423 e.